The Balaban J connectivity index is 2.65. The average molecular weight is 225 g/mol. The number of nitrogens with two attached hydrogens (primary N) is 1. The van der Waals surface area contributed by atoms with Gasteiger partial charge < -0.3 is 10.5 Å². The highest BCUT2D eigenvalue weighted by atomic mass is 19.1. The molecule has 0 heterocycles. The van der Waals surface area contributed by atoms with Crippen molar-refractivity contribution in [3.05, 3.63) is 35.1 Å². The van der Waals surface area contributed by atoms with E-state index in [0.717, 1.165) is 11.1 Å². The van der Waals surface area contributed by atoms with Gasteiger partial charge in [-0.15, -0.1) is 0 Å². The molecule has 1 rings (SSSR count). The van der Waals surface area contributed by atoms with E-state index in [1.54, 1.807) is 6.07 Å². The fourth-order valence-electron chi connectivity index (χ4n) is 1.69. The second-order valence-electron chi connectivity index (χ2n) is 4.10. The molecule has 1 aromatic rings. The molecule has 0 aromatic heterocycles. The van der Waals surface area contributed by atoms with Gasteiger partial charge in [-0.25, -0.2) is 4.39 Å². The van der Waals surface area contributed by atoms with Gasteiger partial charge >= 0.3 is 0 Å². The van der Waals surface area contributed by atoms with Gasteiger partial charge in [0.15, 0.2) is 0 Å². The van der Waals surface area contributed by atoms with Crippen LogP contribution in [0.4, 0.5) is 4.39 Å². The van der Waals surface area contributed by atoms with Crippen LogP contribution in [0.2, 0.25) is 0 Å². The minimum absolute atomic E-state index is 0.0226. The Morgan fingerprint density at radius 2 is 2.12 bits per heavy atom. The third kappa shape index (κ3) is 3.58. The molecule has 0 aliphatic rings. The second-order valence-corrected chi connectivity index (χ2v) is 4.10. The third-order valence-electron chi connectivity index (χ3n) is 2.79. The summed E-state index contributed by atoms with van der Waals surface area (Å²) in [7, 11) is 0. The number of halogens is 1. The van der Waals surface area contributed by atoms with Crippen LogP contribution < -0.4 is 5.73 Å². The third-order valence-corrected chi connectivity index (χ3v) is 2.79. The van der Waals surface area contributed by atoms with Crippen LogP contribution in [0.15, 0.2) is 18.2 Å². The first-order chi connectivity index (χ1) is 7.54. The summed E-state index contributed by atoms with van der Waals surface area (Å²) in [6, 6.07) is 4.75. The van der Waals surface area contributed by atoms with Crippen molar-refractivity contribution in [3.63, 3.8) is 0 Å². The minimum atomic E-state index is -0.201. The standard InChI is InChI=1S/C13H20FNO/c1-4-16-10(3)13(15)8-11-5-6-12(14)7-9(11)2/h5-7,10,13H,4,8,15H2,1-3H3. The van der Waals surface area contributed by atoms with Gasteiger partial charge in [-0.2, -0.15) is 0 Å². The summed E-state index contributed by atoms with van der Waals surface area (Å²) < 4.78 is 18.3. The highest BCUT2D eigenvalue weighted by Gasteiger charge is 2.14. The zero-order valence-corrected chi connectivity index (χ0v) is 10.2. The maximum absolute atomic E-state index is 12.9. The van der Waals surface area contributed by atoms with Crippen molar-refractivity contribution in [1.82, 2.24) is 0 Å². The molecule has 0 radical (unpaired) electrons. The molecule has 3 heteroatoms. The lowest BCUT2D eigenvalue weighted by atomic mass is 9.99. The van der Waals surface area contributed by atoms with Crippen molar-refractivity contribution in [3.8, 4) is 0 Å². The van der Waals surface area contributed by atoms with Crippen molar-refractivity contribution in [2.24, 2.45) is 5.73 Å². The van der Waals surface area contributed by atoms with Crippen LogP contribution >= 0.6 is 0 Å². The predicted molar refractivity (Wildman–Crippen MR) is 63.9 cm³/mol. The first kappa shape index (κ1) is 13.1. The second kappa shape index (κ2) is 5.97. The summed E-state index contributed by atoms with van der Waals surface area (Å²) in [4.78, 5) is 0. The fourth-order valence-corrected chi connectivity index (χ4v) is 1.69. The first-order valence-electron chi connectivity index (χ1n) is 5.66. The van der Waals surface area contributed by atoms with Gasteiger partial charge in [0.25, 0.3) is 0 Å². The van der Waals surface area contributed by atoms with Crippen LogP contribution in [0.5, 0.6) is 0 Å². The van der Waals surface area contributed by atoms with E-state index in [9.17, 15) is 4.39 Å². The van der Waals surface area contributed by atoms with Gasteiger partial charge in [0.1, 0.15) is 5.82 Å². The maximum Gasteiger partial charge on any atom is 0.123 e. The number of benzene rings is 1. The zero-order valence-electron chi connectivity index (χ0n) is 10.2. The fraction of sp³-hybridized carbons (Fsp3) is 0.538. The molecular weight excluding hydrogens is 205 g/mol. The number of aryl methyl sites for hydroxylation is 1. The zero-order chi connectivity index (χ0) is 12.1. The van der Waals surface area contributed by atoms with E-state index in [-0.39, 0.29) is 18.0 Å². The molecule has 0 bridgehead atoms. The van der Waals surface area contributed by atoms with Gasteiger partial charge in [-0.1, -0.05) is 6.07 Å². The van der Waals surface area contributed by atoms with Gasteiger partial charge in [-0.3, -0.25) is 0 Å². The van der Waals surface area contributed by atoms with E-state index in [0.29, 0.717) is 13.0 Å². The smallest absolute Gasteiger partial charge is 0.123 e. The summed E-state index contributed by atoms with van der Waals surface area (Å²) in [5.74, 6) is -0.201. The van der Waals surface area contributed by atoms with Crippen LogP contribution in [0.25, 0.3) is 0 Å². The minimum Gasteiger partial charge on any atom is -0.377 e. The predicted octanol–water partition coefficient (Wildman–Crippen LogP) is 2.43. The van der Waals surface area contributed by atoms with E-state index < -0.39 is 0 Å². The number of rotatable bonds is 5. The molecule has 2 unspecified atom stereocenters. The quantitative estimate of drug-likeness (QED) is 0.835. The Kier molecular flexibility index (Phi) is 4.90. The molecule has 0 amide bonds. The first-order valence-corrected chi connectivity index (χ1v) is 5.66. The number of hydrogen-bond acceptors (Lipinski definition) is 2. The monoisotopic (exact) mass is 225 g/mol. The number of ether oxygens (including phenoxy) is 1. The van der Waals surface area contributed by atoms with E-state index in [2.05, 4.69) is 0 Å². The molecule has 2 atom stereocenters. The van der Waals surface area contributed by atoms with Crippen LogP contribution in [0, 0.1) is 12.7 Å². The highest BCUT2D eigenvalue weighted by Crippen LogP contribution is 2.13. The number of hydrogen-bond donors (Lipinski definition) is 1. The van der Waals surface area contributed by atoms with Crippen molar-refractivity contribution < 1.29 is 9.13 Å². The average Bonchev–Trinajstić information content (AvgIpc) is 2.22. The SMILES string of the molecule is CCOC(C)C(N)Cc1ccc(F)cc1C. The highest BCUT2D eigenvalue weighted by molar-refractivity contribution is 5.27. The largest absolute Gasteiger partial charge is 0.377 e. The van der Waals surface area contributed by atoms with Crippen molar-refractivity contribution in [2.45, 2.75) is 39.3 Å². The molecule has 0 aliphatic heterocycles. The molecule has 16 heavy (non-hydrogen) atoms. The normalized spacial score (nSPS) is 14.8. The molecule has 0 fully saturated rings. The van der Waals surface area contributed by atoms with E-state index in [4.69, 9.17) is 10.5 Å². The van der Waals surface area contributed by atoms with Crippen LogP contribution in [0.1, 0.15) is 25.0 Å². The van der Waals surface area contributed by atoms with Gasteiger partial charge in [0.2, 0.25) is 0 Å². The van der Waals surface area contributed by atoms with Gasteiger partial charge in [0, 0.05) is 12.6 Å². The molecule has 0 saturated heterocycles. The van der Waals surface area contributed by atoms with E-state index in [1.165, 1.54) is 12.1 Å². The molecule has 1 aromatic carbocycles. The lowest BCUT2D eigenvalue weighted by molar-refractivity contribution is 0.0577. The molecule has 0 spiro atoms. The summed E-state index contributed by atoms with van der Waals surface area (Å²) in [5, 5.41) is 0. The lowest BCUT2D eigenvalue weighted by Gasteiger charge is -2.20. The van der Waals surface area contributed by atoms with Gasteiger partial charge in [-0.05, 0) is 50.5 Å². The molecule has 2 N–H and O–H groups in total. The molecular formula is C13H20FNO. The summed E-state index contributed by atoms with van der Waals surface area (Å²) >= 11 is 0. The molecule has 0 saturated carbocycles. The summed E-state index contributed by atoms with van der Waals surface area (Å²) in [5.41, 5.74) is 8.05. The van der Waals surface area contributed by atoms with Crippen molar-refractivity contribution in [2.75, 3.05) is 6.61 Å². The van der Waals surface area contributed by atoms with Crippen molar-refractivity contribution in [1.29, 1.82) is 0 Å². The topological polar surface area (TPSA) is 35.2 Å². The molecule has 2 nitrogen and oxygen atoms in total. The van der Waals surface area contributed by atoms with Crippen LogP contribution in [0.3, 0.4) is 0 Å². The Morgan fingerprint density at radius 3 is 2.69 bits per heavy atom. The van der Waals surface area contributed by atoms with Gasteiger partial charge in [0.05, 0.1) is 6.10 Å². The molecule has 90 valence electrons. The lowest BCUT2D eigenvalue weighted by Crippen LogP contribution is -2.36. The Hall–Kier alpha value is -0.930. The van der Waals surface area contributed by atoms with Crippen LogP contribution in [-0.4, -0.2) is 18.8 Å². The summed E-state index contributed by atoms with van der Waals surface area (Å²) in [6.45, 7) is 6.48. The maximum atomic E-state index is 12.9. The molecule has 0 aliphatic carbocycles. The summed E-state index contributed by atoms with van der Waals surface area (Å²) in [6.07, 6.45) is 0.738. The Morgan fingerprint density at radius 1 is 1.44 bits per heavy atom. The Labute approximate surface area is 96.6 Å². The van der Waals surface area contributed by atoms with E-state index >= 15 is 0 Å². The van der Waals surface area contributed by atoms with Crippen molar-refractivity contribution >= 4 is 0 Å². The Bertz CT molecular complexity index is 341. The van der Waals surface area contributed by atoms with E-state index in [1.807, 2.05) is 20.8 Å². The van der Waals surface area contributed by atoms with Crippen LogP contribution in [-0.2, 0) is 11.2 Å².